The summed E-state index contributed by atoms with van der Waals surface area (Å²) in [6.45, 7) is 2.99. The molecular weight excluding hydrogens is 543 g/mol. The maximum Gasteiger partial charge on any atom is 0.511 e. The van der Waals surface area contributed by atoms with E-state index in [9.17, 15) is 26.4 Å². The van der Waals surface area contributed by atoms with E-state index in [4.69, 9.17) is 17.3 Å². The molecule has 3 N–H and O–H groups in total. The Morgan fingerprint density at radius 2 is 1.71 bits per heavy atom. The van der Waals surface area contributed by atoms with Crippen LogP contribution in [-0.4, -0.2) is 60.8 Å². The highest BCUT2D eigenvalue weighted by Gasteiger charge is 2.48. The number of aromatic nitrogens is 1. The number of hydrogen-bond donors (Lipinski definition) is 2. The number of nitrogens with two attached hydrogens (primary N) is 1. The zero-order chi connectivity index (χ0) is 27.5. The number of carbonyl (C=O) groups excluding carboxylic acids is 1. The molecule has 2 aliphatic heterocycles. The van der Waals surface area contributed by atoms with Crippen LogP contribution in [0.4, 0.5) is 19.0 Å². The number of hydrogen-bond acceptors (Lipinski definition) is 6. The molecule has 208 valence electrons. The minimum atomic E-state index is -5.56. The van der Waals surface area contributed by atoms with E-state index >= 15 is 0 Å². The van der Waals surface area contributed by atoms with Crippen LogP contribution in [0.2, 0.25) is 5.02 Å². The van der Waals surface area contributed by atoms with Gasteiger partial charge in [0.1, 0.15) is 5.82 Å². The van der Waals surface area contributed by atoms with Gasteiger partial charge in [-0.25, -0.2) is 13.4 Å². The summed E-state index contributed by atoms with van der Waals surface area (Å²) >= 11 is 5.92. The number of alkyl halides is 3. The maximum absolute atomic E-state index is 13.2. The second-order valence-corrected chi connectivity index (χ2v) is 12.0. The smallest absolute Gasteiger partial charge is 0.384 e. The summed E-state index contributed by atoms with van der Waals surface area (Å²) in [5, 5.41) is 0.391. The second-order valence-electron chi connectivity index (χ2n) is 9.90. The van der Waals surface area contributed by atoms with Crippen LogP contribution in [0, 0.1) is 11.8 Å². The van der Waals surface area contributed by atoms with E-state index in [0.29, 0.717) is 42.3 Å². The van der Waals surface area contributed by atoms with Crippen LogP contribution in [0.1, 0.15) is 42.9 Å². The van der Waals surface area contributed by atoms with Crippen LogP contribution in [0.5, 0.6) is 0 Å². The summed E-state index contributed by atoms with van der Waals surface area (Å²) in [6, 6.07) is 8.76. The number of piperidine rings is 2. The summed E-state index contributed by atoms with van der Waals surface area (Å²) in [7, 11) is -5.56. The number of anilines is 1. The van der Waals surface area contributed by atoms with Gasteiger partial charge in [0.25, 0.3) is 0 Å². The molecule has 0 radical (unpaired) electrons. The Morgan fingerprint density at radius 3 is 2.29 bits per heavy atom. The minimum Gasteiger partial charge on any atom is -0.384 e. The quantitative estimate of drug-likeness (QED) is 0.519. The zero-order valence-electron chi connectivity index (χ0n) is 20.7. The highest BCUT2D eigenvalue weighted by Crippen LogP contribution is 2.35. The van der Waals surface area contributed by atoms with Crippen molar-refractivity contribution in [3.8, 4) is 0 Å². The van der Waals surface area contributed by atoms with E-state index < -0.39 is 27.5 Å². The van der Waals surface area contributed by atoms with Crippen molar-refractivity contribution in [2.75, 3.05) is 31.9 Å². The average Bonchev–Trinajstić information content (AvgIpc) is 2.87. The molecule has 1 unspecified atom stereocenters. The topological polar surface area (TPSA) is 109 Å². The molecule has 0 aliphatic carbocycles. The third kappa shape index (κ3) is 6.96. The molecule has 8 nitrogen and oxygen atoms in total. The lowest BCUT2D eigenvalue weighted by atomic mass is 9.85. The predicted molar refractivity (Wildman–Crippen MR) is 138 cm³/mol. The van der Waals surface area contributed by atoms with Crippen LogP contribution in [0.15, 0.2) is 42.6 Å². The molecule has 1 amide bonds. The third-order valence-corrected chi connectivity index (χ3v) is 8.75. The summed E-state index contributed by atoms with van der Waals surface area (Å²) in [5.41, 5.74) is 1.80. The van der Waals surface area contributed by atoms with Crippen LogP contribution in [-0.2, 0) is 21.4 Å². The Balaban J connectivity index is 1.34. The highest BCUT2D eigenvalue weighted by atomic mass is 35.5. The Bertz CT molecular complexity index is 1210. The van der Waals surface area contributed by atoms with Crippen molar-refractivity contribution in [1.29, 1.82) is 0 Å². The van der Waals surface area contributed by atoms with Crippen LogP contribution >= 0.6 is 11.6 Å². The third-order valence-electron chi connectivity index (χ3n) is 7.33. The number of carbonyl (C=O) groups is 1. The SMILES string of the molecule is Nc1cc(CN2CCC(C(=O)N3CCC(C(NS(=O)(=O)C(F)(F)F)c4ccc(Cl)cc4)CC3)CC2)ccn1. The molecule has 2 saturated heterocycles. The maximum atomic E-state index is 13.2. The Kier molecular flexibility index (Phi) is 8.85. The standard InChI is InChI=1S/C25H31ClF3N5O3S/c26-21-3-1-18(2-4-21)23(32-38(36,37)25(27,28)29)19-8-13-34(14-9-19)24(35)20-6-11-33(12-7-20)16-17-5-10-31-22(30)15-17/h1-5,10,15,19-20,23,32H,6-9,11-14,16H2,(H2,30,31). The number of sulfonamides is 1. The van der Waals surface area contributed by atoms with Gasteiger partial charge in [-0.3, -0.25) is 9.69 Å². The van der Waals surface area contributed by atoms with Crippen molar-refractivity contribution in [1.82, 2.24) is 19.5 Å². The minimum absolute atomic E-state index is 0.0511. The van der Waals surface area contributed by atoms with Crippen LogP contribution < -0.4 is 10.5 Å². The Hall–Kier alpha value is -2.41. The monoisotopic (exact) mass is 573 g/mol. The fourth-order valence-electron chi connectivity index (χ4n) is 5.24. The van der Waals surface area contributed by atoms with Crippen molar-refractivity contribution < 1.29 is 26.4 Å². The van der Waals surface area contributed by atoms with E-state index in [1.807, 2.05) is 16.9 Å². The van der Waals surface area contributed by atoms with Crippen LogP contribution in [0.3, 0.4) is 0 Å². The van der Waals surface area contributed by atoms with Gasteiger partial charge in [-0.1, -0.05) is 23.7 Å². The number of rotatable bonds is 7. The fraction of sp³-hybridized carbons (Fsp3) is 0.520. The summed E-state index contributed by atoms with van der Waals surface area (Å²) < 4.78 is 65.2. The molecule has 0 bridgehead atoms. The summed E-state index contributed by atoms with van der Waals surface area (Å²) in [4.78, 5) is 21.3. The molecule has 2 aliphatic rings. The van der Waals surface area contributed by atoms with E-state index in [1.54, 1.807) is 11.1 Å². The van der Waals surface area contributed by atoms with Gasteiger partial charge in [0.05, 0.1) is 0 Å². The van der Waals surface area contributed by atoms with Gasteiger partial charge in [-0.15, -0.1) is 0 Å². The van der Waals surface area contributed by atoms with Crippen molar-refractivity contribution in [3.05, 3.63) is 58.7 Å². The molecule has 2 fully saturated rings. The van der Waals surface area contributed by atoms with Crippen molar-refractivity contribution in [2.24, 2.45) is 11.8 Å². The van der Waals surface area contributed by atoms with Gasteiger partial charge in [-0.2, -0.15) is 17.9 Å². The second kappa shape index (κ2) is 11.8. The van der Waals surface area contributed by atoms with E-state index in [1.165, 1.54) is 24.3 Å². The first-order valence-electron chi connectivity index (χ1n) is 12.5. The van der Waals surface area contributed by atoms with Gasteiger partial charge < -0.3 is 10.6 Å². The number of halogens is 4. The van der Waals surface area contributed by atoms with Gasteiger partial charge in [0.2, 0.25) is 5.91 Å². The first kappa shape index (κ1) is 28.6. The van der Waals surface area contributed by atoms with Crippen molar-refractivity contribution in [2.45, 2.75) is 43.8 Å². The summed E-state index contributed by atoms with van der Waals surface area (Å²) in [5.74, 6) is 0.00347. The molecule has 4 rings (SSSR count). The molecule has 2 aromatic rings. The lowest BCUT2D eigenvalue weighted by molar-refractivity contribution is -0.138. The number of nitrogens with zero attached hydrogens (tertiary/aromatic N) is 3. The van der Waals surface area contributed by atoms with E-state index in [-0.39, 0.29) is 11.8 Å². The largest absolute Gasteiger partial charge is 0.511 e. The van der Waals surface area contributed by atoms with Gasteiger partial charge >= 0.3 is 15.5 Å². The average molecular weight is 574 g/mol. The van der Waals surface area contributed by atoms with E-state index in [0.717, 1.165) is 38.0 Å². The van der Waals surface area contributed by atoms with Gasteiger partial charge in [0, 0.05) is 42.8 Å². The Labute approximate surface area is 225 Å². The Morgan fingerprint density at radius 1 is 1.08 bits per heavy atom. The van der Waals surface area contributed by atoms with E-state index in [2.05, 4.69) is 9.88 Å². The number of nitrogens with one attached hydrogen (secondary N) is 1. The number of likely N-dealkylation sites (tertiary alicyclic amines) is 2. The lowest BCUT2D eigenvalue weighted by Crippen LogP contribution is -2.48. The first-order valence-corrected chi connectivity index (χ1v) is 14.3. The number of amides is 1. The van der Waals surface area contributed by atoms with Crippen molar-refractivity contribution in [3.63, 3.8) is 0 Å². The molecule has 1 aromatic heterocycles. The molecule has 1 atom stereocenters. The number of nitrogen functional groups attached to an aromatic ring is 1. The van der Waals surface area contributed by atoms with Crippen molar-refractivity contribution >= 4 is 33.3 Å². The number of benzene rings is 1. The molecule has 1 aromatic carbocycles. The normalized spacial score (nSPS) is 19.4. The molecule has 3 heterocycles. The van der Waals surface area contributed by atoms with Gasteiger partial charge in [-0.05, 0) is 80.1 Å². The highest BCUT2D eigenvalue weighted by molar-refractivity contribution is 7.90. The molecule has 13 heteroatoms. The number of pyridine rings is 1. The molecule has 0 saturated carbocycles. The molecular formula is C25H31ClF3N5O3S. The van der Waals surface area contributed by atoms with Crippen LogP contribution in [0.25, 0.3) is 0 Å². The summed E-state index contributed by atoms with van der Waals surface area (Å²) in [6.07, 6.45) is 3.87. The molecule has 38 heavy (non-hydrogen) atoms. The van der Waals surface area contributed by atoms with Gasteiger partial charge in [0.15, 0.2) is 0 Å². The first-order chi connectivity index (χ1) is 17.9. The zero-order valence-corrected chi connectivity index (χ0v) is 22.3. The fourth-order valence-corrected chi connectivity index (χ4v) is 6.16. The lowest BCUT2D eigenvalue weighted by Gasteiger charge is -2.39. The predicted octanol–water partition coefficient (Wildman–Crippen LogP) is 3.95. The molecule has 0 spiro atoms.